The number of morpholine rings is 1. The van der Waals surface area contributed by atoms with Crippen LogP contribution in [0.15, 0.2) is 60.8 Å². The Morgan fingerprint density at radius 3 is 2.81 bits per heavy atom. The van der Waals surface area contributed by atoms with Gasteiger partial charge in [-0.2, -0.15) is 0 Å². The average molecular weight is 418 g/mol. The molecule has 162 valence electrons. The third kappa shape index (κ3) is 4.68. The van der Waals surface area contributed by atoms with Crippen LogP contribution in [-0.4, -0.2) is 59.1 Å². The van der Waals surface area contributed by atoms with Crippen molar-refractivity contribution in [2.24, 2.45) is 0 Å². The first-order chi connectivity index (χ1) is 15.2. The minimum Gasteiger partial charge on any atom is -0.363 e. The number of benzene rings is 2. The summed E-state index contributed by atoms with van der Waals surface area (Å²) in [6.07, 6.45) is 6.00. The molecule has 2 aromatic carbocycles. The smallest absolute Gasteiger partial charge is 0.248 e. The number of rotatable bonds is 5. The zero-order valence-electron chi connectivity index (χ0n) is 18.1. The molecule has 5 heteroatoms. The molecule has 5 nitrogen and oxygen atoms in total. The van der Waals surface area contributed by atoms with E-state index in [-0.39, 0.29) is 18.1 Å². The lowest BCUT2D eigenvalue weighted by Crippen LogP contribution is -2.55. The molecule has 0 unspecified atom stereocenters. The first-order valence-corrected chi connectivity index (χ1v) is 11.4. The summed E-state index contributed by atoms with van der Waals surface area (Å²) in [7, 11) is 0. The van der Waals surface area contributed by atoms with Crippen molar-refractivity contribution in [3.63, 3.8) is 0 Å². The molecule has 5 rings (SSSR count). The summed E-state index contributed by atoms with van der Waals surface area (Å²) in [4.78, 5) is 20.3. The summed E-state index contributed by atoms with van der Waals surface area (Å²) < 4.78 is 6.20. The van der Waals surface area contributed by atoms with Crippen molar-refractivity contribution in [3.05, 3.63) is 71.9 Å². The summed E-state index contributed by atoms with van der Waals surface area (Å²) in [5.74, 6) is 0.127. The summed E-state index contributed by atoms with van der Waals surface area (Å²) in [5.41, 5.74) is 3.63. The van der Waals surface area contributed by atoms with Crippen LogP contribution in [0.5, 0.6) is 0 Å². The number of nitrogens with zero attached hydrogens (tertiary/aromatic N) is 2. The van der Waals surface area contributed by atoms with Crippen LogP contribution >= 0.6 is 0 Å². The number of H-pyrrole nitrogens is 1. The fourth-order valence-electron chi connectivity index (χ4n) is 5.04. The topological polar surface area (TPSA) is 48.6 Å². The van der Waals surface area contributed by atoms with Gasteiger partial charge in [0, 0.05) is 37.9 Å². The number of hydrogen-bond donors (Lipinski definition) is 1. The van der Waals surface area contributed by atoms with Crippen molar-refractivity contribution < 1.29 is 9.53 Å². The zero-order chi connectivity index (χ0) is 21.1. The third-order valence-corrected chi connectivity index (χ3v) is 6.86. The van der Waals surface area contributed by atoms with Gasteiger partial charge in [0.05, 0.1) is 5.60 Å². The lowest BCUT2D eigenvalue weighted by Gasteiger charge is -2.42. The van der Waals surface area contributed by atoms with E-state index in [0.717, 1.165) is 58.4 Å². The molecule has 1 amide bonds. The fraction of sp³-hybridized carbons (Fsp3) is 0.423. The molecular weight excluding hydrogens is 386 g/mol. The van der Waals surface area contributed by atoms with Crippen LogP contribution in [0.1, 0.15) is 30.4 Å². The monoisotopic (exact) mass is 417 g/mol. The van der Waals surface area contributed by atoms with E-state index in [9.17, 15) is 4.79 Å². The Morgan fingerprint density at radius 1 is 1.00 bits per heavy atom. The van der Waals surface area contributed by atoms with Gasteiger partial charge in [-0.25, -0.2) is 0 Å². The molecule has 3 aromatic rings. The third-order valence-electron chi connectivity index (χ3n) is 6.86. The van der Waals surface area contributed by atoms with Crippen molar-refractivity contribution in [3.8, 4) is 0 Å². The molecule has 1 aromatic heterocycles. The standard InChI is InChI=1S/C26H31N3O2/c30-25-19-31-26(20-29(25)15-10-21-5-2-1-3-6-21)11-4-14-28(16-12-26)18-22-7-8-24-23(17-22)9-13-27-24/h1-3,5-9,13,17,27H,4,10-12,14-16,18-20H2/t26-/m0/s1. The van der Waals surface area contributed by atoms with Crippen LogP contribution < -0.4 is 0 Å². The van der Waals surface area contributed by atoms with E-state index in [4.69, 9.17) is 4.74 Å². The SMILES string of the molecule is O=C1CO[C@]2(CCCN(Cc3ccc4[nH]ccc4c3)CC2)CN1CCc1ccccc1. The van der Waals surface area contributed by atoms with Crippen LogP contribution in [0.3, 0.4) is 0 Å². The number of fused-ring (bicyclic) bond motifs is 1. The largest absolute Gasteiger partial charge is 0.363 e. The number of carbonyl (C=O) groups excluding carboxylic acids is 1. The van der Waals surface area contributed by atoms with Crippen molar-refractivity contribution in [1.82, 2.24) is 14.8 Å². The first-order valence-electron chi connectivity index (χ1n) is 11.4. The van der Waals surface area contributed by atoms with E-state index in [2.05, 4.69) is 58.4 Å². The fourth-order valence-corrected chi connectivity index (χ4v) is 5.04. The predicted octanol–water partition coefficient (Wildman–Crippen LogP) is 3.99. The van der Waals surface area contributed by atoms with E-state index < -0.39 is 0 Å². The van der Waals surface area contributed by atoms with Gasteiger partial charge in [0.15, 0.2) is 0 Å². The Morgan fingerprint density at radius 2 is 1.90 bits per heavy atom. The molecule has 0 bridgehead atoms. The van der Waals surface area contributed by atoms with Gasteiger partial charge in [0.1, 0.15) is 6.61 Å². The lowest BCUT2D eigenvalue weighted by atomic mass is 9.92. The molecule has 2 saturated heterocycles. The minimum absolute atomic E-state index is 0.127. The second-order valence-corrected chi connectivity index (χ2v) is 9.05. The van der Waals surface area contributed by atoms with Gasteiger partial charge >= 0.3 is 0 Å². The molecule has 1 spiro atoms. The van der Waals surface area contributed by atoms with Gasteiger partial charge in [-0.3, -0.25) is 9.69 Å². The Balaban J connectivity index is 1.20. The average Bonchev–Trinajstić information content (AvgIpc) is 3.18. The maximum Gasteiger partial charge on any atom is 0.248 e. The van der Waals surface area contributed by atoms with Crippen molar-refractivity contribution in [2.75, 3.05) is 32.8 Å². The summed E-state index contributed by atoms with van der Waals surface area (Å²) in [5, 5.41) is 1.27. The second kappa shape index (κ2) is 8.85. The minimum atomic E-state index is -0.191. The van der Waals surface area contributed by atoms with Crippen molar-refractivity contribution in [1.29, 1.82) is 0 Å². The van der Waals surface area contributed by atoms with Crippen molar-refractivity contribution in [2.45, 2.75) is 37.8 Å². The summed E-state index contributed by atoms with van der Waals surface area (Å²) >= 11 is 0. The maximum atomic E-state index is 12.5. The van der Waals surface area contributed by atoms with Crippen LogP contribution in [0.4, 0.5) is 0 Å². The Labute approximate surface area is 184 Å². The highest BCUT2D eigenvalue weighted by Crippen LogP contribution is 2.31. The quantitative estimate of drug-likeness (QED) is 0.683. The molecule has 2 aliphatic heterocycles. The Bertz CT molecular complexity index is 1030. The number of aromatic nitrogens is 1. The van der Waals surface area contributed by atoms with E-state index >= 15 is 0 Å². The second-order valence-electron chi connectivity index (χ2n) is 9.05. The summed E-state index contributed by atoms with van der Waals surface area (Å²) in [6.45, 7) is 4.77. The predicted molar refractivity (Wildman–Crippen MR) is 123 cm³/mol. The number of ether oxygens (including phenoxy) is 1. The number of aromatic amines is 1. The highest BCUT2D eigenvalue weighted by atomic mass is 16.5. The van der Waals surface area contributed by atoms with Gasteiger partial charge < -0.3 is 14.6 Å². The molecule has 1 atom stereocenters. The van der Waals surface area contributed by atoms with E-state index in [1.165, 1.54) is 22.0 Å². The van der Waals surface area contributed by atoms with Gasteiger partial charge in [-0.05, 0) is 66.9 Å². The molecule has 0 radical (unpaired) electrons. The lowest BCUT2D eigenvalue weighted by molar-refractivity contribution is -0.165. The maximum absolute atomic E-state index is 12.5. The zero-order valence-corrected chi connectivity index (χ0v) is 18.1. The van der Waals surface area contributed by atoms with E-state index in [1.807, 2.05) is 17.2 Å². The van der Waals surface area contributed by atoms with E-state index in [1.54, 1.807) is 0 Å². The van der Waals surface area contributed by atoms with Gasteiger partial charge in [-0.1, -0.05) is 36.4 Å². The highest BCUT2D eigenvalue weighted by molar-refractivity contribution is 5.80. The first kappa shape index (κ1) is 20.3. The molecular formula is C26H31N3O2. The number of likely N-dealkylation sites (tertiary alicyclic amines) is 1. The Kier molecular flexibility index (Phi) is 5.79. The van der Waals surface area contributed by atoms with E-state index in [0.29, 0.717) is 0 Å². The van der Waals surface area contributed by atoms with Crippen LogP contribution in [0.25, 0.3) is 10.9 Å². The Hall–Kier alpha value is -2.63. The molecule has 3 heterocycles. The molecule has 31 heavy (non-hydrogen) atoms. The van der Waals surface area contributed by atoms with Crippen LogP contribution in [0, 0.1) is 0 Å². The summed E-state index contributed by atoms with van der Waals surface area (Å²) in [6, 6.07) is 19.2. The van der Waals surface area contributed by atoms with Gasteiger partial charge in [0.2, 0.25) is 5.91 Å². The number of amides is 1. The van der Waals surface area contributed by atoms with Crippen LogP contribution in [0.2, 0.25) is 0 Å². The highest BCUT2D eigenvalue weighted by Gasteiger charge is 2.40. The number of carbonyl (C=O) groups is 1. The number of hydrogen-bond acceptors (Lipinski definition) is 3. The molecule has 2 fully saturated rings. The van der Waals surface area contributed by atoms with Gasteiger partial charge in [-0.15, -0.1) is 0 Å². The van der Waals surface area contributed by atoms with Crippen LogP contribution in [-0.2, 0) is 22.5 Å². The molecule has 0 saturated carbocycles. The molecule has 2 aliphatic rings. The van der Waals surface area contributed by atoms with Gasteiger partial charge in [0.25, 0.3) is 0 Å². The molecule has 1 N–H and O–H groups in total. The normalized spacial score (nSPS) is 22.8. The molecule has 0 aliphatic carbocycles. The number of nitrogens with one attached hydrogen (secondary N) is 1. The van der Waals surface area contributed by atoms with Crippen molar-refractivity contribution >= 4 is 16.8 Å².